The summed E-state index contributed by atoms with van der Waals surface area (Å²) in [6.07, 6.45) is 4.61. The number of hydrogen-bond donors (Lipinski definition) is 1. The lowest BCUT2D eigenvalue weighted by molar-refractivity contribution is 0.0852. The van der Waals surface area contributed by atoms with Crippen molar-refractivity contribution in [2.24, 2.45) is 0 Å². The van der Waals surface area contributed by atoms with Gasteiger partial charge in [-0.05, 0) is 43.4 Å². The summed E-state index contributed by atoms with van der Waals surface area (Å²) in [5, 5.41) is 3.14. The molecule has 1 saturated carbocycles. The van der Waals surface area contributed by atoms with Crippen LogP contribution in [0.25, 0.3) is 0 Å². The molecule has 2 aromatic carbocycles. The highest BCUT2D eigenvalue weighted by Crippen LogP contribution is 2.40. The molecule has 2 aromatic rings. The van der Waals surface area contributed by atoms with Gasteiger partial charge < -0.3 is 19.7 Å². The van der Waals surface area contributed by atoms with Crippen molar-refractivity contribution in [1.29, 1.82) is 0 Å². The van der Waals surface area contributed by atoms with Gasteiger partial charge >= 0.3 is 6.09 Å². The lowest BCUT2D eigenvalue weighted by atomic mass is 9.68. The molecule has 1 fully saturated rings. The van der Waals surface area contributed by atoms with E-state index >= 15 is 0 Å². The van der Waals surface area contributed by atoms with Crippen LogP contribution in [-0.4, -0.2) is 50.3 Å². The van der Waals surface area contributed by atoms with Crippen molar-refractivity contribution in [1.82, 2.24) is 10.2 Å². The Kier molecular flexibility index (Phi) is 7.92. The molecule has 0 aromatic heterocycles. The molecule has 170 valence electrons. The molecular formula is C26H32N2O4. The number of methoxy groups -OCH3 is 1. The molecule has 1 aliphatic carbocycles. The van der Waals surface area contributed by atoms with E-state index in [1.807, 2.05) is 30.3 Å². The summed E-state index contributed by atoms with van der Waals surface area (Å²) in [4.78, 5) is 26.9. The summed E-state index contributed by atoms with van der Waals surface area (Å²) in [6, 6.07) is 17.6. The first kappa shape index (κ1) is 23.4. The van der Waals surface area contributed by atoms with Crippen LogP contribution in [0.5, 0.6) is 5.75 Å². The zero-order valence-corrected chi connectivity index (χ0v) is 18.9. The second-order valence-electron chi connectivity index (χ2n) is 8.24. The maximum absolute atomic E-state index is 12.9. The molecular weight excluding hydrogens is 404 g/mol. The Morgan fingerprint density at radius 3 is 2.44 bits per heavy atom. The fourth-order valence-corrected chi connectivity index (χ4v) is 4.46. The van der Waals surface area contributed by atoms with Crippen LogP contribution in [0.2, 0.25) is 0 Å². The number of ether oxygens (including phenoxy) is 2. The van der Waals surface area contributed by atoms with Gasteiger partial charge in [0.25, 0.3) is 5.91 Å². The molecule has 6 nitrogen and oxygen atoms in total. The predicted octanol–water partition coefficient (Wildman–Crippen LogP) is 4.56. The summed E-state index contributed by atoms with van der Waals surface area (Å²) in [5.74, 6) is 0.409. The first-order chi connectivity index (χ1) is 15.5. The van der Waals surface area contributed by atoms with Gasteiger partial charge in [0.1, 0.15) is 12.4 Å². The second-order valence-corrected chi connectivity index (χ2v) is 8.24. The standard InChI is InChI=1S/C26H32N2O4/c1-4-18-32-25(30)28(2)21-14-16-26(17-15-21,20-10-6-5-7-11-20)19-27-24(29)22-12-8-9-13-23(22)31-3/h4-13,21H,1,14-19H2,2-3H3,(H,27,29). The smallest absolute Gasteiger partial charge is 0.410 e. The van der Waals surface area contributed by atoms with E-state index in [9.17, 15) is 9.59 Å². The molecule has 1 N–H and O–H groups in total. The van der Waals surface area contributed by atoms with Crippen LogP contribution in [0.4, 0.5) is 4.79 Å². The van der Waals surface area contributed by atoms with Crippen LogP contribution in [0, 0.1) is 0 Å². The Hall–Kier alpha value is -3.28. The topological polar surface area (TPSA) is 67.9 Å². The Balaban J connectivity index is 1.73. The minimum absolute atomic E-state index is 0.106. The van der Waals surface area contributed by atoms with Crippen LogP contribution < -0.4 is 10.1 Å². The third-order valence-corrected chi connectivity index (χ3v) is 6.40. The van der Waals surface area contributed by atoms with Crippen molar-refractivity contribution >= 4 is 12.0 Å². The first-order valence-electron chi connectivity index (χ1n) is 11.0. The van der Waals surface area contributed by atoms with E-state index in [1.165, 1.54) is 5.56 Å². The van der Waals surface area contributed by atoms with Crippen LogP contribution in [0.3, 0.4) is 0 Å². The molecule has 1 aliphatic rings. The fourth-order valence-electron chi connectivity index (χ4n) is 4.46. The summed E-state index contributed by atoms with van der Waals surface area (Å²) in [5.41, 5.74) is 1.54. The highest BCUT2D eigenvalue weighted by Gasteiger charge is 2.39. The maximum atomic E-state index is 12.9. The maximum Gasteiger partial charge on any atom is 0.410 e. The predicted molar refractivity (Wildman–Crippen MR) is 125 cm³/mol. The lowest BCUT2D eigenvalue weighted by Gasteiger charge is -2.43. The molecule has 2 amide bonds. The van der Waals surface area contributed by atoms with Gasteiger partial charge in [-0.3, -0.25) is 4.79 Å². The zero-order chi connectivity index (χ0) is 23.0. The molecule has 32 heavy (non-hydrogen) atoms. The Bertz CT molecular complexity index is 920. The van der Waals surface area contributed by atoms with Gasteiger partial charge in [-0.2, -0.15) is 0 Å². The number of nitrogens with zero attached hydrogens (tertiary/aromatic N) is 1. The van der Waals surface area contributed by atoms with Crippen molar-refractivity contribution in [3.63, 3.8) is 0 Å². The number of rotatable bonds is 8. The SMILES string of the molecule is C=CCOC(=O)N(C)C1CCC(CNC(=O)c2ccccc2OC)(c2ccccc2)CC1. The zero-order valence-electron chi connectivity index (χ0n) is 18.9. The highest BCUT2D eigenvalue weighted by atomic mass is 16.6. The van der Waals surface area contributed by atoms with E-state index in [4.69, 9.17) is 9.47 Å². The summed E-state index contributed by atoms with van der Waals surface area (Å²) >= 11 is 0. The van der Waals surface area contributed by atoms with Gasteiger partial charge in [-0.15, -0.1) is 0 Å². The van der Waals surface area contributed by atoms with E-state index in [2.05, 4.69) is 24.0 Å². The Labute approximate surface area is 190 Å². The summed E-state index contributed by atoms with van der Waals surface area (Å²) in [6.45, 7) is 4.31. The van der Waals surface area contributed by atoms with Crippen molar-refractivity contribution < 1.29 is 19.1 Å². The molecule has 0 atom stereocenters. The van der Waals surface area contributed by atoms with Crippen molar-refractivity contribution in [3.05, 3.63) is 78.4 Å². The highest BCUT2D eigenvalue weighted by molar-refractivity contribution is 5.97. The number of benzene rings is 2. The van der Waals surface area contributed by atoms with Crippen LogP contribution >= 0.6 is 0 Å². The minimum Gasteiger partial charge on any atom is -0.496 e. The molecule has 0 aliphatic heterocycles. The second kappa shape index (κ2) is 10.8. The lowest BCUT2D eigenvalue weighted by Crippen LogP contribution is -2.48. The number of carbonyl (C=O) groups is 2. The quantitative estimate of drug-likeness (QED) is 0.616. The van der Waals surface area contributed by atoms with Crippen molar-refractivity contribution in [2.45, 2.75) is 37.1 Å². The normalized spacial score (nSPS) is 20.1. The average molecular weight is 437 g/mol. The van der Waals surface area contributed by atoms with E-state index in [1.54, 1.807) is 37.3 Å². The third-order valence-electron chi connectivity index (χ3n) is 6.40. The molecule has 0 radical (unpaired) electrons. The average Bonchev–Trinajstić information content (AvgIpc) is 2.86. The van der Waals surface area contributed by atoms with Crippen molar-refractivity contribution in [3.8, 4) is 5.75 Å². The molecule has 0 heterocycles. The van der Waals surface area contributed by atoms with Gasteiger partial charge in [-0.25, -0.2) is 4.79 Å². The van der Waals surface area contributed by atoms with Crippen LogP contribution in [-0.2, 0) is 10.2 Å². The van der Waals surface area contributed by atoms with E-state index < -0.39 is 0 Å². The Morgan fingerprint density at radius 2 is 1.78 bits per heavy atom. The number of carbonyl (C=O) groups excluding carboxylic acids is 2. The largest absolute Gasteiger partial charge is 0.496 e. The monoisotopic (exact) mass is 436 g/mol. The molecule has 3 rings (SSSR count). The minimum atomic E-state index is -0.327. The number of para-hydroxylation sites is 1. The number of nitrogens with one attached hydrogen (secondary N) is 1. The van der Waals surface area contributed by atoms with E-state index in [-0.39, 0.29) is 30.1 Å². The van der Waals surface area contributed by atoms with Crippen molar-refractivity contribution in [2.75, 3.05) is 27.3 Å². The molecule has 0 bridgehead atoms. The molecule has 0 saturated heterocycles. The van der Waals surface area contributed by atoms with Gasteiger partial charge in [0, 0.05) is 25.0 Å². The summed E-state index contributed by atoms with van der Waals surface area (Å²) < 4.78 is 10.5. The fraction of sp³-hybridized carbons (Fsp3) is 0.385. The van der Waals surface area contributed by atoms with Gasteiger partial charge in [0.05, 0.1) is 12.7 Å². The van der Waals surface area contributed by atoms with Gasteiger partial charge in [-0.1, -0.05) is 55.1 Å². The summed E-state index contributed by atoms with van der Waals surface area (Å²) in [7, 11) is 3.35. The molecule has 0 spiro atoms. The molecule has 0 unspecified atom stereocenters. The Morgan fingerprint density at radius 1 is 1.12 bits per heavy atom. The van der Waals surface area contributed by atoms with E-state index in [0.29, 0.717) is 17.9 Å². The van der Waals surface area contributed by atoms with Crippen LogP contribution in [0.15, 0.2) is 67.3 Å². The van der Waals surface area contributed by atoms with Gasteiger partial charge in [0.2, 0.25) is 0 Å². The number of hydrogen-bond acceptors (Lipinski definition) is 4. The van der Waals surface area contributed by atoms with Gasteiger partial charge in [0.15, 0.2) is 0 Å². The molecule has 6 heteroatoms. The first-order valence-corrected chi connectivity index (χ1v) is 11.0. The van der Waals surface area contributed by atoms with E-state index in [0.717, 1.165) is 25.7 Å². The third kappa shape index (κ3) is 5.31. The number of amides is 2. The van der Waals surface area contributed by atoms with Crippen LogP contribution in [0.1, 0.15) is 41.6 Å².